The first-order valence-electron chi connectivity index (χ1n) is 10.2. The lowest BCUT2D eigenvalue weighted by atomic mass is 10.0. The summed E-state index contributed by atoms with van der Waals surface area (Å²) in [6.07, 6.45) is 1.79. The number of amides is 1. The van der Waals surface area contributed by atoms with Crippen LogP contribution in [0.5, 0.6) is 0 Å². The lowest BCUT2D eigenvalue weighted by Crippen LogP contribution is -2.56. The van der Waals surface area contributed by atoms with Gasteiger partial charge < -0.3 is 14.5 Å². The van der Waals surface area contributed by atoms with Crippen LogP contribution in [0, 0.1) is 0 Å². The van der Waals surface area contributed by atoms with Gasteiger partial charge in [0.2, 0.25) is 0 Å². The van der Waals surface area contributed by atoms with E-state index in [9.17, 15) is 9.59 Å². The fourth-order valence-corrected chi connectivity index (χ4v) is 4.45. The SMILES string of the molecule is CC(=O)O[C@H](Cc1ccc(Cl)c(Cl)c1)C(=O)N1CCN(C2CCN(C)CC2)CC1. The fraction of sp³-hybridized carbons (Fsp3) is 0.619. The molecule has 2 heterocycles. The summed E-state index contributed by atoms with van der Waals surface area (Å²) in [6, 6.07) is 5.81. The maximum absolute atomic E-state index is 13.1. The van der Waals surface area contributed by atoms with E-state index in [0.29, 0.717) is 29.2 Å². The van der Waals surface area contributed by atoms with E-state index in [-0.39, 0.29) is 12.3 Å². The standard InChI is InChI=1S/C21H29Cl2N3O3/c1-15(27)29-20(14-16-3-4-18(22)19(23)13-16)21(28)26-11-9-25(10-12-26)17-5-7-24(2)8-6-17/h3-4,13,17,20H,5-12,14H2,1-2H3/t20-/m1/s1. The number of halogens is 2. The van der Waals surface area contributed by atoms with Gasteiger partial charge in [0.1, 0.15) is 0 Å². The largest absolute Gasteiger partial charge is 0.452 e. The predicted octanol–water partition coefficient (Wildman–Crippen LogP) is 2.71. The Labute approximate surface area is 182 Å². The Morgan fingerprint density at radius 1 is 1.07 bits per heavy atom. The number of rotatable bonds is 5. The van der Waals surface area contributed by atoms with E-state index in [1.807, 2.05) is 4.90 Å². The Kier molecular flexibility index (Phi) is 7.79. The monoisotopic (exact) mass is 441 g/mol. The molecule has 1 aromatic carbocycles. The molecule has 1 atom stereocenters. The van der Waals surface area contributed by atoms with Gasteiger partial charge in [0.05, 0.1) is 10.0 Å². The van der Waals surface area contributed by atoms with E-state index < -0.39 is 12.1 Å². The highest BCUT2D eigenvalue weighted by Gasteiger charge is 2.32. The second kappa shape index (κ2) is 10.1. The first kappa shape index (κ1) is 22.3. The molecule has 6 nitrogen and oxygen atoms in total. The molecule has 0 aromatic heterocycles. The van der Waals surface area contributed by atoms with E-state index in [1.165, 1.54) is 19.8 Å². The van der Waals surface area contributed by atoms with Crippen LogP contribution in [0.25, 0.3) is 0 Å². The minimum Gasteiger partial charge on any atom is -0.452 e. The van der Waals surface area contributed by atoms with Crippen LogP contribution in [0.1, 0.15) is 25.3 Å². The van der Waals surface area contributed by atoms with E-state index in [2.05, 4.69) is 16.8 Å². The van der Waals surface area contributed by atoms with Gasteiger partial charge in [-0.1, -0.05) is 29.3 Å². The molecular formula is C21H29Cl2N3O3. The predicted molar refractivity (Wildman–Crippen MR) is 114 cm³/mol. The van der Waals surface area contributed by atoms with Crippen LogP contribution in [0.4, 0.5) is 0 Å². The Morgan fingerprint density at radius 2 is 1.72 bits per heavy atom. The summed E-state index contributed by atoms with van der Waals surface area (Å²) in [5.74, 6) is -0.609. The molecule has 0 N–H and O–H groups in total. The number of hydrogen-bond donors (Lipinski definition) is 0. The summed E-state index contributed by atoms with van der Waals surface area (Å²) in [4.78, 5) is 31.3. The van der Waals surface area contributed by atoms with Crippen molar-refractivity contribution in [2.45, 2.75) is 38.3 Å². The zero-order valence-electron chi connectivity index (χ0n) is 17.1. The first-order chi connectivity index (χ1) is 13.8. The number of nitrogens with zero attached hydrogens (tertiary/aromatic N) is 3. The molecule has 0 unspecified atom stereocenters. The highest BCUT2D eigenvalue weighted by atomic mass is 35.5. The van der Waals surface area contributed by atoms with Crippen LogP contribution in [0.15, 0.2) is 18.2 Å². The molecule has 2 aliphatic heterocycles. The van der Waals surface area contributed by atoms with Gasteiger partial charge in [0, 0.05) is 45.6 Å². The molecule has 1 aromatic rings. The summed E-state index contributed by atoms with van der Waals surface area (Å²) < 4.78 is 5.37. The van der Waals surface area contributed by atoms with Gasteiger partial charge >= 0.3 is 5.97 Å². The van der Waals surface area contributed by atoms with Crippen LogP contribution in [0.3, 0.4) is 0 Å². The second-order valence-corrected chi connectivity index (χ2v) is 8.76. The van der Waals surface area contributed by atoms with Crippen LogP contribution in [-0.2, 0) is 20.7 Å². The third-order valence-corrected chi connectivity index (χ3v) is 6.56. The van der Waals surface area contributed by atoms with Gasteiger partial charge in [-0.05, 0) is 50.7 Å². The molecule has 1 amide bonds. The molecule has 2 saturated heterocycles. The Bertz CT molecular complexity index is 730. The number of piperidine rings is 1. The smallest absolute Gasteiger partial charge is 0.303 e. The molecule has 0 saturated carbocycles. The van der Waals surface area contributed by atoms with Crippen molar-refractivity contribution in [2.75, 3.05) is 46.3 Å². The van der Waals surface area contributed by atoms with Crippen LogP contribution in [-0.4, -0.2) is 85.0 Å². The van der Waals surface area contributed by atoms with Crippen LogP contribution >= 0.6 is 23.2 Å². The summed E-state index contributed by atoms with van der Waals surface area (Å²) >= 11 is 12.1. The van der Waals surface area contributed by atoms with Crippen molar-refractivity contribution in [1.29, 1.82) is 0 Å². The van der Waals surface area contributed by atoms with Crippen molar-refractivity contribution in [3.05, 3.63) is 33.8 Å². The topological polar surface area (TPSA) is 53.1 Å². The lowest BCUT2D eigenvalue weighted by molar-refractivity contribution is -0.159. The molecule has 8 heteroatoms. The van der Waals surface area contributed by atoms with Gasteiger partial charge in [-0.25, -0.2) is 0 Å². The van der Waals surface area contributed by atoms with Crippen molar-refractivity contribution in [3.63, 3.8) is 0 Å². The molecule has 0 bridgehead atoms. The molecule has 0 spiro atoms. The molecule has 2 aliphatic rings. The Balaban J connectivity index is 1.59. The highest BCUT2D eigenvalue weighted by Crippen LogP contribution is 2.24. The molecule has 29 heavy (non-hydrogen) atoms. The quantitative estimate of drug-likeness (QED) is 0.657. The average Bonchev–Trinajstić information content (AvgIpc) is 2.70. The lowest BCUT2D eigenvalue weighted by Gasteiger charge is -2.42. The summed E-state index contributed by atoms with van der Waals surface area (Å²) in [5.41, 5.74) is 0.809. The normalized spacial score (nSPS) is 20.5. The highest BCUT2D eigenvalue weighted by molar-refractivity contribution is 6.42. The minimum absolute atomic E-state index is 0.144. The van der Waals surface area contributed by atoms with E-state index in [0.717, 1.165) is 31.7 Å². The number of piperazine rings is 1. The molecule has 2 fully saturated rings. The van der Waals surface area contributed by atoms with Crippen molar-refractivity contribution >= 4 is 35.1 Å². The number of esters is 1. The Hall–Kier alpha value is -1.34. The van der Waals surface area contributed by atoms with Crippen molar-refractivity contribution in [1.82, 2.24) is 14.7 Å². The van der Waals surface area contributed by atoms with Gasteiger partial charge in [-0.2, -0.15) is 0 Å². The minimum atomic E-state index is -0.848. The third-order valence-electron chi connectivity index (χ3n) is 5.82. The number of likely N-dealkylation sites (tertiary alicyclic amines) is 1. The van der Waals surface area contributed by atoms with Crippen LogP contribution in [0.2, 0.25) is 10.0 Å². The van der Waals surface area contributed by atoms with E-state index in [4.69, 9.17) is 27.9 Å². The molecule has 160 valence electrons. The molecule has 0 radical (unpaired) electrons. The van der Waals surface area contributed by atoms with Gasteiger partial charge in [0.25, 0.3) is 5.91 Å². The van der Waals surface area contributed by atoms with Gasteiger partial charge in [-0.15, -0.1) is 0 Å². The summed E-state index contributed by atoms with van der Waals surface area (Å²) in [7, 11) is 2.16. The maximum atomic E-state index is 13.1. The zero-order chi connectivity index (χ0) is 21.0. The van der Waals surface area contributed by atoms with Gasteiger partial charge in [-0.3, -0.25) is 14.5 Å². The van der Waals surface area contributed by atoms with Crippen molar-refractivity contribution in [3.8, 4) is 0 Å². The van der Waals surface area contributed by atoms with Crippen molar-refractivity contribution < 1.29 is 14.3 Å². The summed E-state index contributed by atoms with van der Waals surface area (Å²) in [6.45, 7) is 6.62. The van der Waals surface area contributed by atoms with E-state index >= 15 is 0 Å². The Morgan fingerprint density at radius 3 is 2.31 bits per heavy atom. The average molecular weight is 442 g/mol. The first-order valence-corrected chi connectivity index (χ1v) is 10.9. The van der Waals surface area contributed by atoms with Crippen LogP contribution < -0.4 is 0 Å². The number of benzene rings is 1. The number of carbonyl (C=O) groups is 2. The number of carbonyl (C=O) groups excluding carboxylic acids is 2. The fourth-order valence-electron chi connectivity index (χ4n) is 4.13. The zero-order valence-corrected chi connectivity index (χ0v) is 18.6. The maximum Gasteiger partial charge on any atom is 0.303 e. The van der Waals surface area contributed by atoms with E-state index in [1.54, 1.807) is 18.2 Å². The molecule has 0 aliphatic carbocycles. The molecular weight excluding hydrogens is 413 g/mol. The molecule has 3 rings (SSSR count). The van der Waals surface area contributed by atoms with Gasteiger partial charge in [0.15, 0.2) is 6.10 Å². The summed E-state index contributed by atoms with van der Waals surface area (Å²) in [5, 5.41) is 0.876. The number of hydrogen-bond acceptors (Lipinski definition) is 5. The number of ether oxygens (including phenoxy) is 1. The van der Waals surface area contributed by atoms with Crippen molar-refractivity contribution in [2.24, 2.45) is 0 Å². The second-order valence-electron chi connectivity index (χ2n) is 7.95. The third kappa shape index (κ3) is 6.07.